The highest BCUT2D eigenvalue weighted by molar-refractivity contribution is 7.92. The fourth-order valence-electron chi connectivity index (χ4n) is 4.37. The first kappa shape index (κ1) is 21.8. The average molecular weight is 465 g/mol. The standard InChI is InChI=1S/C22H22ClFN2O4S/c1-13-6-7-14(12-26-21(27)16-4-2-3-5-17(16)22(26)28)10-20(13)31(29,30)25-19-9-8-15(23)11-18(19)24/h6-11,16-17,25H,2-5,12H2,1H3/t16-,17+. The van der Waals surface area contributed by atoms with Crippen LogP contribution in [0.2, 0.25) is 5.02 Å². The van der Waals surface area contributed by atoms with Crippen molar-refractivity contribution in [1.29, 1.82) is 0 Å². The summed E-state index contributed by atoms with van der Waals surface area (Å²) in [4.78, 5) is 26.7. The van der Waals surface area contributed by atoms with Crippen LogP contribution in [0.25, 0.3) is 0 Å². The highest BCUT2D eigenvalue weighted by Gasteiger charge is 2.47. The molecule has 1 N–H and O–H groups in total. The molecule has 164 valence electrons. The van der Waals surface area contributed by atoms with Gasteiger partial charge in [0.15, 0.2) is 0 Å². The van der Waals surface area contributed by atoms with Gasteiger partial charge in [-0.05, 0) is 55.2 Å². The zero-order chi connectivity index (χ0) is 22.3. The summed E-state index contributed by atoms with van der Waals surface area (Å²) in [7, 11) is -4.10. The molecule has 2 aliphatic rings. The Kier molecular flexibility index (Phi) is 5.79. The van der Waals surface area contributed by atoms with Crippen molar-refractivity contribution >= 4 is 39.1 Å². The molecule has 1 heterocycles. The molecule has 2 amide bonds. The third-order valence-electron chi connectivity index (χ3n) is 5.99. The van der Waals surface area contributed by atoms with E-state index in [1.54, 1.807) is 19.1 Å². The average Bonchev–Trinajstić information content (AvgIpc) is 2.96. The van der Waals surface area contributed by atoms with E-state index >= 15 is 0 Å². The van der Waals surface area contributed by atoms with Crippen LogP contribution in [0.4, 0.5) is 10.1 Å². The maximum atomic E-state index is 14.1. The number of sulfonamides is 1. The molecule has 0 radical (unpaired) electrons. The van der Waals surface area contributed by atoms with Crippen molar-refractivity contribution in [3.05, 3.63) is 58.4 Å². The molecule has 1 saturated heterocycles. The number of carbonyl (C=O) groups excluding carboxylic acids is 2. The number of aryl methyl sites for hydroxylation is 1. The third-order valence-corrected chi connectivity index (χ3v) is 7.73. The van der Waals surface area contributed by atoms with Gasteiger partial charge in [0.25, 0.3) is 10.0 Å². The summed E-state index contributed by atoms with van der Waals surface area (Å²) in [6, 6.07) is 8.38. The van der Waals surface area contributed by atoms with Gasteiger partial charge in [0, 0.05) is 5.02 Å². The molecule has 0 unspecified atom stereocenters. The van der Waals surface area contributed by atoms with E-state index in [-0.39, 0.29) is 45.8 Å². The number of hydrogen-bond donors (Lipinski definition) is 1. The third kappa shape index (κ3) is 4.19. The fourth-order valence-corrected chi connectivity index (χ4v) is 5.90. The van der Waals surface area contributed by atoms with E-state index in [1.807, 2.05) is 0 Å². The Morgan fingerprint density at radius 2 is 1.71 bits per heavy atom. The lowest BCUT2D eigenvalue weighted by Gasteiger charge is -2.19. The molecule has 31 heavy (non-hydrogen) atoms. The van der Waals surface area contributed by atoms with E-state index in [1.165, 1.54) is 23.1 Å². The Bertz CT molecular complexity index is 1140. The molecular formula is C22H22ClFN2O4S. The number of likely N-dealkylation sites (tertiary alicyclic amines) is 1. The van der Waals surface area contributed by atoms with E-state index < -0.39 is 15.8 Å². The number of benzene rings is 2. The highest BCUT2D eigenvalue weighted by atomic mass is 35.5. The SMILES string of the molecule is Cc1ccc(CN2C(=O)[C@H]3CCCC[C@H]3C2=O)cc1S(=O)(=O)Nc1ccc(Cl)cc1F. The van der Waals surface area contributed by atoms with Crippen molar-refractivity contribution in [2.24, 2.45) is 11.8 Å². The van der Waals surface area contributed by atoms with Crippen LogP contribution in [0.1, 0.15) is 36.8 Å². The van der Waals surface area contributed by atoms with Crippen LogP contribution >= 0.6 is 11.6 Å². The second-order valence-electron chi connectivity index (χ2n) is 8.09. The number of imide groups is 1. The largest absolute Gasteiger partial charge is 0.278 e. The van der Waals surface area contributed by atoms with Crippen molar-refractivity contribution in [3.63, 3.8) is 0 Å². The summed E-state index contributed by atoms with van der Waals surface area (Å²) in [5.74, 6) is -1.67. The number of nitrogens with one attached hydrogen (secondary N) is 1. The quantitative estimate of drug-likeness (QED) is 0.670. The molecule has 1 aliphatic heterocycles. The summed E-state index contributed by atoms with van der Waals surface area (Å²) < 4.78 is 42.2. The number of anilines is 1. The van der Waals surface area contributed by atoms with E-state index in [9.17, 15) is 22.4 Å². The predicted molar refractivity (Wildman–Crippen MR) is 114 cm³/mol. The van der Waals surface area contributed by atoms with Crippen molar-refractivity contribution in [2.45, 2.75) is 44.0 Å². The second kappa shape index (κ2) is 8.24. The van der Waals surface area contributed by atoms with Gasteiger partial charge in [-0.3, -0.25) is 19.2 Å². The van der Waals surface area contributed by atoms with Crippen LogP contribution in [0, 0.1) is 24.6 Å². The highest BCUT2D eigenvalue weighted by Crippen LogP contribution is 2.38. The number of rotatable bonds is 5. The number of halogens is 2. The van der Waals surface area contributed by atoms with E-state index in [4.69, 9.17) is 11.6 Å². The summed E-state index contributed by atoms with van der Waals surface area (Å²) >= 11 is 5.72. The summed E-state index contributed by atoms with van der Waals surface area (Å²) in [5.41, 5.74) is 0.754. The van der Waals surface area contributed by atoms with Crippen molar-refractivity contribution in [3.8, 4) is 0 Å². The lowest BCUT2D eigenvalue weighted by molar-refractivity contribution is -0.140. The number of hydrogen-bond acceptors (Lipinski definition) is 4. The van der Waals surface area contributed by atoms with Crippen LogP contribution in [-0.4, -0.2) is 25.1 Å². The lowest BCUT2D eigenvalue weighted by atomic mass is 9.81. The van der Waals surface area contributed by atoms with Gasteiger partial charge >= 0.3 is 0 Å². The molecule has 9 heteroatoms. The Morgan fingerprint density at radius 1 is 1.06 bits per heavy atom. The Hall–Kier alpha value is -2.45. The summed E-state index contributed by atoms with van der Waals surface area (Å²) in [5, 5.41) is 0.152. The van der Waals surface area contributed by atoms with Crippen LogP contribution in [-0.2, 0) is 26.2 Å². The van der Waals surface area contributed by atoms with Crippen molar-refractivity contribution in [2.75, 3.05) is 4.72 Å². The summed E-state index contributed by atoms with van der Waals surface area (Å²) in [6.45, 7) is 1.64. The normalized spacial score (nSPS) is 21.3. The van der Waals surface area contributed by atoms with Gasteiger partial charge in [0.05, 0.1) is 29.0 Å². The Balaban J connectivity index is 1.60. The molecule has 0 spiro atoms. The molecular weight excluding hydrogens is 443 g/mol. The topological polar surface area (TPSA) is 83.6 Å². The van der Waals surface area contributed by atoms with Crippen LogP contribution in [0.5, 0.6) is 0 Å². The molecule has 0 aromatic heterocycles. The lowest BCUT2D eigenvalue weighted by Crippen LogP contribution is -2.30. The molecule has 2 atom stereocenters. The maximum absolute atomic E-state index is 14.1. The van der Waals surface area contributed by atoms with Gasteiger partial charge in [0.1, 0.15) is 5.82 Å². The second-order valence-corrected chi connectivity index (χ2v) is 10.2. The maximum Gasteiger partial charge on any atom is 0.262 e. The summed E-state index contributed by atoms with van der Waals surface area (Å²) in [6.07, 6.45) is 3.31. The number of carbonyl (C=O) groups is 2. The Labute approximate surface area is 185 Å². The molecule has 1 saturated carbocycles. The monoisotopic (exact) mass is 464 g/mol. The van der Waals surface area contributed by atoms with Gasteiger partial charge in [0.2, 0.25) is 11.8 Å². The van der Waals surface area contributed by atoms with Crippen molar-refractivity contribution < 1.29 is 22.4 Å². The molecule has 0 bridgehead atoms. The van der Waals surface area contributed by atoms with E-state index in [2.05, 4.69) is 4.72 Å². The minimum Gasteiger partial charge on any atom is -0.278 e. The first-order chi connectivity index (χ1) is 14.7. The van der Waals surface area contributed by atoms with E-state index in [0.717, 1.165) is 31.7 Å². The number of nitrogens with zero attached hydrogens (tertiary/aromatic N) is 1. The minimum absolute atomic E-state index is 0.0166. The number of amides is 2. The first-order valence-corrected chi connectivity index (χ1v) is 12.0. The zero-order valence-corrected chi connectivity index (χ0v) is 18.5. The van der Waals surface area contributed by atoms with Crippen LogP contribution in [0.3, 0.4) is 0 Å². The molecule has 4 rings (SSSR count). The fraction of sp³-hybridized carbons (Fsp3) is 0.364. The number of fused-ring (bicyclic) bond motifs is 1. The van der Waals surface area contributed by atoms with Gasteiger partial charge < -0.3 is 0 Å². The predicted octanol–water partition coefficient (Wildman–Crippen LogP) is 4.26. The zero-order valence-electron chi connectivity index (χ0n) is 16.9. The van der Waals surface area contributed by atoms with Gasteiger partial charge in [-0.25, -0.2) is 12.8 Å². The van der Waals surface area contributed by atoms with E-state index in [0.29, 0.717) is 11.1 Å². The molecule has 1 aliphatic carbocycles. The van der Waals surface area contributed by atoms with Gasteiger partial charge in [-0.15, -0.1) is 0 Å². The van der Waals surface area contributed by atoms with Crippen molar-refractivity contribution in [1.82, 2.24) is 4.90 Å². The molecule has 6 nitrogen and oxygen atoms in total. The molecule has 2 aromatic carbocycles. The van der Waals surface area contributed by atoms with Gasteiger partial charge in [-0.2, -0.15) is 0 Å². The van der Waals surface area contributed by atoms with Crippen LogP contribution < -0.4 is 4.72 Å². The van der Waals surface area contributed by atoms with Gasteiger partial charge in [-0.1, -0.05) is 36.6 Å². The smallest absolute Gasteiger partial charge is 0.262 e. The molecule has 2 aromatic rings. The van der Waals surface area contributed by atoms with Crippen LogP contribution in [0.15, 0.2) is 41.3 Å². The first-order valence-electron chi connectivity index (χ1n) is 10.1. The molecule has 2 fully saturated rings. The minimum atomic E-state index is -4.10. The Morgan fingerprint density at radius 3 is 2.32 bits per heavy atom.